The molecular formula is C28H31NO6. The van der Waals surface area contributed by atoms with Gasteiger partial charge < -0.3 is 29.4 Å². The number of fused-ring (bicyclic) bond motifs is 5. The van der Waals surface area contributed by atoms with Crippen LogP contribution in [0.3, 0.4) is 0 Å². The third-order valence-corrected chi connectivity index (χ3v) is 6.06. The van der Waals surface area contributed by atoms with Crippen molar-refractivity contribution in [1.29, 1.82) is 0 Å². The van der Waals surface area contributed by atoms with Crippen LogP contribution in [0.4, 0.5) is 5.69 Å². The van der Waals surface area contributed by atoms with Crippen molar-refractivity contribution in [2.45, 2.75) is 31.8 Å². The molecule has 2 N–H and O–H groups in total. The number of carbonyl (C=O) groups excluding carboxylic acids is 1. The number of hydrogen-bond donors (Lipinski definition) is 1. The largest absolute Gasteiger partial charge is 0.497 e. The van der Waals surface area contributed by atoms with E-state index >= 15 is 0 Å². The predicted octanol–water partition coefficient (Wildman–Crippen LogP) is 5.54. The Bertz CT molecular complexity index is 1160. The van der Waals surface area contributed by atoms with Crippen LogP contribution in [0.2, 0.25) is 0 Å². The number of nitrogen functional groups attached to an aromatic ring is 1. The Morgan fingerprint density at radius 3 is 2.26 bits per heavy atom. The first kappa shape index (κ1) is 24.3. The Hall–Kier alpha value is -3.87. The van der Waals surface area contributed by atoms with E-state index < -0.39 is 0 Å². The van der Waals surface area contributed by atoms with Crippen LogP contribution in [0.1, 0.15) is 53.3 Å². The van der Waals surface area contributed by atoms with Gasteiger partial charge in [0.15, 0.2) is 0 Å². The van der Waals surface area contributed by atoms with Crippen molar-refractivity contribution in [3.63, 3.8) is 0 Å². The topological polar surface area (TPSA) is 89.2 Å². The number of methoxy groups -OCH3 is 2. The molecule has 0 aromatic heterocycles. The Balaban J connectivity index is 0.000000181. The molecule has 2 unspecified atom stereocenters. The van der Waals surface area contributed by atoms with Gasteiger partial charge in [-0.1, -0.05) is 19.4 Å². The van der Waals surface area contributed by atoms with Gasteiger partial charge in [0.25, 0.3) is 0 Å². The molecule has 2 heterocycles. The van der Waals surface area contributed by atoms with Gasteiger partial charge in [-0.2, -0.15) is 0 Å². The maximum Gasteiger partial charge on any atom is 0.338 e. The van der Waals surface area contributed by atoms with E-state index in [-0.39, 0.29) is 18.0 Å². The summed E-state index contributed by atoms with van der Waals surface area (Å²) in [5.74, 6) is 3.28. The molecule has 35 heavy (non-hydrogen) atoms. The fourth-order valence-electron chi connectivity index (χ4n) is 4.08. The minimum atomic E-state index is -0.279. The molecule has 0 bridgehead atoms. The molecule has 5 rings (SSSR count). The maximum atomic E-state index is 11.4. The summed E-state index contributed by atoms with van der Waals surface area (Å²) in [6.07, 6.45) is 1.93. The van der Waals surface area contributed by atoms with Gasteiger partial charge in [-0.05, 0) is 48.9 Å². The summed E-state index contributed by atoms with van der Waals surface area (Å²) in [5, 5.41) is 0. The quantitative estimate of drug-likeness (QED) is 0.283. The minimum Gasteiger partial charge on any atom is -0.497 e. The van der Waals surface area contributed by atoms with E-state index in [4.69, 9.17) is 29.4 Å². The zero-order chi connectivity index (χ0) is 24.8. The van der Waals surface area contributed by atoms with Crippen LogP contribution in [-0.2, 0) is 4.74 Å². The van der Waals surface area contributed by atoms with Crippen molar-refractivity contribution >= 4 is 11.7 Å². The van der Waals surface area contributed by atoms with E-state index in [1.165, 1.54) is 5.56 Å². The van der Waals surface area contributed by atoms with Crippen LogP contribution in [0.5, 0.6) is 23.0 Å². The molecule has 0 saturated carbocycles. The molecule has 0 radical (unpaired) electrons. The lowest BCUT2D eigenvalue weighted by Gasteiger charge is -2.28. The van der Waals surface area contributed by atoms with Crippen molar-refractivity contribution in [3.8, 4) is 23.0 Å². The zero-order valence-electron chi connectivity index (χ0n) is 20.3. The summed E-state index contributed by atoms with van der Waals surface area (Å²) in [4.78, 5) is 11.4. The van der Waals surface area contributed by atoms with Crippen LogP contribution >= 0.6 is 0 Å². The third-order valence-electron chi connectivity index (χ3n) is 6.06. The molecule has 7 nitrogen and oxygen atoms in total. The highest BCUT2D eigenvalue weighted by atomic mass is 16.5. The molecule has 0 amide bonds. The lowest BCUT2D eigenvalue weighted by atomic mass is 9.89. The second kappa shape index (κ2) is 11.0. The summed E-state index contributed by atoms with van der Waals surface area (Å²) in [5.41, 5.74) is 8.95. The van der Waals surface area contributed by atoms with Crippen LogP contribution in [0.15, 0.2) is 60.7 Å². The van der Waals surface area contributed by atoms with E-state index in [0.29, 0.717) is 24.5 Å². The lowest BCUT2D eigenvalue weighted by Crippen LogP contribution is -2.23. The van der Waals surface area contributed by atoms with Gasteiger partial charge in [-0.25, -0.2) is 4.79 Å². The average molecular weight is 478 g/mol. The molecule has 0 fully saturated rings. The number of nitrogens with two attached hydrogens (primary N) is 1. The standard InChI is InChI=1S/C17H16O4.C11H15NO2/c1-18-10-4-6-13-15(7-10)20-9-14-12-5-3-11(19-2)8-16(12)21-17(13)14;1-2-3-8-14-11(13)9-4-6-10(12)7-5-9/h3-8,14,17H,9H2,1-2H3;4-7H,2-3,8,12H2,1H3. The van der Waals surface area contributed by atoms with E-state index in [1.54, 1.807) is 38.5 Å². The molecule has 2 aliphatic heterocycles. The molecular weight excluding hydrogens is 446 g/mol. The number of anilines is 1. The van der Waals surface area contributed by atoms with E-state index in [1.807, 2.05) is 30.3 Å². The molecule has 2 aliphatic rings. The molecule has 184 valence electrons. The molecule has 3 aromatic rings. The zero-order valence-corrected chi connectivity index (χ0v) is 20.3. The van der Waals surface area contributed by atoms with Gasteiger partial charge in [-0.15, -0.1) is 0 Å². The molecule has 3 aromatic carbocycles. The Morgan fingerprint density at radius 2 is 1.60 bits per heavy atom. The summed E-state index contributed by atoms with van der Waals surface area (Å²) in [6, 6.07) is 18.6. The van der Waals surface area contributed by atoms with Crippen molar-refractivity contribution < 1.29 is 28.5 Å². The van der Waals surface area contributed by atoms with E-state index in [9.17, 15) is 4.79 Å². The van der Waals surface area contributed by atoms with Crippen molar-refractivity contribution in [2.75, 3.05) is 33.2 Å². The second-order valence-electron chi connectivity index (χ2n) is 8.37. The summed E-state index contributed by atoms with van der Waals surface area (Å²) < 4.78 is 27.6. The number of esters is 1. The molecule has 7 heteroatoms. The van der Waals surface area contributed by atoms with Crippen LogP contribution in [-0.4, -0.2) is 33.4 Å². The van der Waals surface area contributed by atoms with Crippen LogP contribution in [0, 0.1) is 0 Å². The fraction of sp³-hybridized carbons (Fsp3) is 0.321. The second-order valence-corrected chi connectivity index (χ2v) is 8.37. The molecule has 2 atom stereocenters. The lowest BCUT2D eigenvalue weighted by molar-refractivity contribution is 0.0499. The van der Waals surface area contributed by atoms with Crippen molar-refractivity contribution in [1.82, 2.24) is 0 Å². The van der Waals surface area contributed by atoms with Gasteiger partial charge in [0.05, 0.1) is 38.9 Å². The molecule has 0 aliphatic carbocycles. The van der Waals surface area contributed by atoms with Gasteiger partial charge >= 0.3 is 5.97 Å². The van der Waals surface area contributed by atoms with Gasteiger partial charge in [0.2, 0.25) is 0 Å². The fourth-order valence-corrected chi connectivity index (χ4v) is 4.08. The number of rotatable bonds is 6. The number of hydrogen-bond acceptors (Lipinski definition) is 7. The van der Waals surface area contributed by atoms with E-state index in [2.05, 4.69) is 13.0 Å². The first-order valence-electron chi connectivity index (χ1n) is 11.7. The highest BCUT2D eigenvalue weighted by Crippen LogP contribution is 2.52. The highest BCUT2D eigenvalue weighted by Gasteiger charge is 2.40. The Labute approximate surface area is 205 Å². The SMILES string of the molecule is CCCCOC(=O)c1ccc(N)cc1.COc1ccc2c(c1)OC1c3ccc(OC)cc3OCC21. The summed E-state index contributed by atoms with van der Waals surface area (Å²) >= 11 is 0. The van der Waals surface area contributed by atoms with Gasteiger partial charge in [0, 0.05) is 28.9 Å². The Morgan fingerprint density at radius 1 is 0.943 bits per heavy atom. The van der Waals surface area contributed by atoms with Crippen molar-refractivity contribution in [2.24, 2.45) is 0 Å². The monoisotopic (exact) mass is 477 g/mol. The average Bonchev–Trinajstić information content (AvgIpc) is 3.27. The number of benzene rings is 3. The minimum absolute atomic E-state index is 0.00163. The maximum absolute atomic E-state index is 11.4. The van der Waals surface area contributed by atoms with E-state index in [0.717, 1.165) is 41.4 Å². The van der Waals surface area contributed by atoms with Crippen molar-refractivity contribution in [3.05, 3.63) is 77.4 Å². The molecule has 0 saturated heterocycles. The first-order chi connectivity index (χ1) is 17.0. The van der Waals surface area contributed by atoms with Gasteiger partial charge in [-0.3, -0.25) is 0 Å². The normalized spacial score (nSPS) is 16.8. The Kier molecular flexibility index (Phi) is 7.65. The third kappa shape index (κ3) is 5.45. The highest BCUT2D eigenvalue weighted by molar-refractivity contribution is 5.89. The smallest absolute Gasteiger partial charge is 0.338 e. The first-order valence-corrected chi connectivity index (χ1v) is 11.7. The number of ether oxygens (including phenoxy) is 5. The number of carbonyl (C=O) groups is 1. The number of unbranched alkanes of at least 4 members (excludes halogenated alkanes) is 1. The predicted molar refractivity (Wildman–Crippen MR) is 134 cm³/mol. The van der Waals surface area contributed by atoms with Gasteiger partial charge in [0.1, 0.15) is 29.1 Å². The van der Waals surface area contributed by atoms with Crippen LogP contribution in [0.25, 0.3) is 0 Å². The molecule has 0 spiro atoms. The van der Waals surface area contributed by atoms with Crippen LogP contribution < -0.4 is 24.7 Å². The summed E-state index contributed by atoms with van der Waals surface area (Å²) in [7, 11) is 3.32. The summed E-state index contributed by atoms with van der Waals surface area (Å²) in [6.45, 7) is 3.15.